The van der Waals surface area contributed by atoms with Crippen molar-refractivity contribution in [2.45, 2.75) is 84.7 Å². The fourth-order valence-electron chi connectivity index (χ4n) is 21.6. The van der Waals surface area contributed by atoms with Gasteiger partial charge in [0.2, 0.25) is 0 Å². The number of likely N-dealkylation sites (N-methyl/N-ethyl adjacent to an activating group) is 1. The highest BCUT2D eigenvalue weighted by molar-refractivity contribution is 7.99. The minimum atomic E-state index is -1.08. The van der Waals surface area contributed by atoms with Gasteiger partial charge in [-0.15, -0.1) is 47.0 Å². The highest BCUT2D eigenvalue weighted by Crippen LogP contribution is 2.66. The average molecular weight is 1760 g/mol. The van der Waals surface area contributed by atoms with Gasteiger partial charge in [-0.3, -0.25) is 0 Å². The van der Waals surface area contributed by atoms with E-state index in [0.29, 0.717) is 0 Å². The number of benzene rings is 15. The van der Waals surface area contributed by atoms with Crippen LogP contribution < -0.4 is 43.4 Å². The number of rotatable bonds is 24. The Morgan fingerprint density at radius 1 is 0.287 bits per heavy atom. The number of aryl methyl sites for hydroxylation is 3. The molecule has 1 atom stereocenters. The molecule has 22 rings (SSSR count). The first-order valence-corrected chi connectivity index (χ1v) is 49.3. The van der Waals surface area contributed by atoms with E-state index in [0.717, 1.165) is 157 Å². The lowest BCUT2D eigenvalue weighted by molar-refractivity contribution is 0.414. The average Bonchev–Trinajstić information content (AvgIpc) is 1.50. The molecular weight excluding hydrogens is 1660 g/mol. The minimum absolute atomic E-state index is 0.119. The van der Waals surface area contributed by atoms with Crippen LogP contribution in [0.25, 0.3) is 87.7 Å². The molecule has 3 aliphatic carbocycles. The van der Waals surface area contributed by atoms with E-state index in [-0.39, 0.29) is 5.92 Å². The van der Waals surface area contributed by atoms with Crippen molar-refractivity contribution in [2.24, 2.45) is 0 Å². The molecule has 3 aromatic heterocycles. The van der Waals surface area contributed by atoms with Gasteiger partial charge in [-0.1, -0.05) is 24.3 Å². The second kappa shape index (κ2) is 32.8. The van der Waals surface area contributed by atoms with Gasteiger partial charge in [-0.2, -0.15) is 0 Å². The van der Waals surface area contributed by atoms with Crippen LogP contribution in [-0.4, -0.2) is 73.7 Å². The van der Waals surface area contributed by atoms with Crippen molar-refractivity contribution >= 4 is 181 Å². The summed E-state index contributed by atoms with van der Waals surface area (Å²) in [6.07, 6.45) is 14.3. The van der Waals surface area contributed by atoms with E-state index >= 15 is 0 Å². The molecule has 4 aliphatic rings. The summed E-state index contributed by atoms with van der Waals surface area (Å²) in [5.41, 5.74) is 31.7. The fourth-order valence-corrected chi connectivity index (χ4v) is 23.4. The summed E-state index contributed by atoms with van der Waals surface area (Å²) in [5.74, 6) is 3.25. The van der Waals surface area contributed by atoms with E-state index in [2.05, 4.69) is 400 Å². The van der Waals surface area contributed by atoms with Crippen molar-refractivity contribution in [2.75, 3.05) is 84.5 Å². The summed E-state index contributed by atoms with van der Waals surface area (Å²) in [7, 11) is 7.00. The molecule has 0 radical (unpaired) electrons. The first-order chi connectivity index (χ1) is 63.3. The number of ether oxygens (including phenoxy) is 4. The Morgan fingerprint density at radius 3 is 0.868 bits per heavy atom. The summed E-state index contributed by atoms with van der Waals surface area (Å²) in [4.78, 5) is 17.4. The smallest absolute Gasteiger partial charge is 0.119 e. The highest BCUT2D eigenvalue weighted by Gasteiger charge is 2.53. The predicted octanol–water partition coefficient (Wildman–Crippen LogP) is 30.7. The van der Waals surface area contributed by atoms with Crippen LogP contribution in [0, 0.1) is 0 Å². The lowest BCUT2D eigenvalue weighted by atomic mass is 9.70. The minimum Gasteiger partial charge on any atom is -0.497 e. The molecule has 15 aromatic carbocycles. The molecule has 0 saturated carbocycles. The fraction of sp³-hybridized carbons (Fsp3) is 0.168. The molecule has 0 saturated heterocycles. The normalized spacial score (nSPS) is 13.9. The molecular formula is C113H98N8O4S4. The van der Waals surface area contributed by atoms with Crippen molar-refractivity contribution in [3.05, 3.63) is 349 Å². The van der Waals surface area contributed by atoms with Gasteiger partial charge < -0.3 is 57.1 Å². The van der Waals surface area contributed by atoms with Gasteiger partial charge in [0.1, 0.15) is 23.0 Å². The molecule has 4 heterocycles. The maximum absolute atomic E-state index is 6.02. The van der Waals surface area contributed by atoms with Crippen LogP contribution in [-0.2, 0) is 25.0 Å². The standard InChI is InChI=1S/C113H98N8O4S4/c1-13-114-105-49-29-73(57-93(105)97-65-85(126-9)41-53-109(97)114)118(69-17-33-81(122-5)34-18-69)77-25-45-89-90-46-26-78(119(70-19-35-82(123-6)36-20-70)74-30-50-106-94(58-74)98-66-86(127-10)42-54-110(98)115(106)14-2)62-102(90)113(101(89)61-77)103-63-79(120(71-21-37-83(124-7)38-22-71)75-31-51-107-95(59-75)99-67-87(128-11)43-55-111(99)116(107)15-3)27-47-91(103)92-48-28-80(64-104(92)113)121(72-23-39-84(125-8)40-24-72)76-32-52-108-96(60-76)100-68-88(129-12)44-56-112(100)117(108)16-4/h17-59,61-68,96H,13-16,60H2,1-12H3. The molecule has 0 amide bonds. The zero-order valence-electron chi connectivity index (χ0n) is 74.4. The second-order valence-corrected chi connectivity index (χ2v) is 37.0. The van der Waals surface area contributed by atoms with Crippen LogP contribution in [0.2, 0.25) is 0 Å². The Morgan fingerprint density at radius 2 is 0.558 bits per heavy atom. The molecule has 18 aromatic rings. The topological polar surface area (TPSA) is 67.9 Å². The van der Waals surface area contributed by atoms with Crippen molar-refractivity contribution in [1.29, 1.82) is 0 Å². The Kier molecular flexibility index (Phi) is 20.7. The second-order valence-electron chi connectivity index (χ2n) is 33.5. The Labute approximate surface area is 770 Å². The van der Waals surface area contributed by atoms with E-state index < -0.39 is 5.41 Å². The van der Waals surface area contributed by atoms with Crippen molar-refractivity contribution in [3.8, 4) is 45.3 Å². The van der Waals surface area contributed by atoms with Gasteiger partial charge in [0.05, 0.1) is 33.9 Å². The Hall–Kier alpha value is -13.2. The Balaban J connectivity index is 0.849. The van der Waals surface area contributed by atoms with Crippen molar-refractivity contribution in [3.63, 3.8) is 0 Å². The van der Waals surface area contributed by atoms with E-state index in [1.54, 1.807) is 75.5 Å². The molecule has 1 spiro atoms. The number of hydrogen-bond donors (Lipinski definition) is 0. The SMILES string of the molecule is CCN1C2=CC=C(N(c3ccc(OC)cc3)c3ccc4c(c3)C3(c5cc(N(c6ccc(OC)cc6)c6ccc7c(c6)c6cc(SC)ccc6n7CC)ccc5-4)c4cc(N(c5ccc(OC)cc5)c5ccc6c(c5)c5cc(SC)ccc5n6CC)ccc4-c4ccc(N(c5ccc(OC)cc5)c5ccc6c(c5)c5cc(SC)ccc5n6CC)cc43)CC2c2cc(SC)ccc21. The summed E-state index contributed by atoms with van der Waals surface area (Å²) in [6, 6.07) is 113. The van der Waals surface area contributed by atoms with Gasteiger partial charge in [0.15, 0.2) is 0 Å². The zero-order valence-corrected chi connectivity index (χ0v) is 77.7. The summed E-state index contributed by atoms with van der Waals surface area (Å²) >= 11 is 7.14. The number of thioether (sulfide) groups is 4. The molecule has 129 heavy (non-hydrogen) atoms. The number of allylic oxidation sites excluding steroid dienone is 4. The van der Waals surface area contributed by atoms with Crippen LogP contribution in [0.3, 0.4) is 0 Å². The van der Waals surface area contributed by atoms with Gasteiger partial charge in [-0.25, -0.2) is 0 Å². The molecule has 0 N–H and O–H groups in total. The number of methoxy groups -OCH3 is 4. The summed E-state index contributed by atoms with van der Waals surface area (Å²) in [5, 5.41) is 7.28. The zero-order chi connectivity index (χ0) is 87.8. The lowest BCUT2D eigenvalue weighted by Crippen LogP contribution is -2.28. The third-order valence-electron chi connectivity index (χ3n) is 27.5. The lowest BCUT2D eigenvalue weighted by Gasteiger charge is -2.36. The first kappa shape index (κ1) is 81.5. The van der Waals surface area contributed by atoms with E-state index in [1.807, 2.05) is 0 Å². The molecule has 16 heteroatoms. The van der Waals surface area contributed by atoms with Crippen LogP contribution in [0.4, 0.5) is 68.2 Å². The van der Waals surface area contributed by atoms with Crippen molar-refractivity contribution < 1.29 is 18.9 Å². The van der Waals surface area contributed by atoms with E-state index in [1.165, 1.54) is 113 Å². The molecule has 1 unspecified atom stereocenters. The van der Waals surface area contributed by atoms with Gasteiger partial charge in [0.25, 0.3) is 0 Å². The van der Waals surface area contributed by atoms with E-state index in [9.17, 15) is 0 Å². The molecule has 0 fully saturated rings. The molecule has 638 valence electrons. The van der Waals surface area contributed by atoms with Crippen LogP contribution in [0.5, 0.6) is 23.0 Å². The van der Waals surface area contributed by atoms with Gasteiger partial charge in [-0.05, 0) is 388 Å². The Bertz CT molecular complexity index is 7120. The van der Waals surface area contributed by atoms with Crippen LogP contribution in [0.15, 0.2) is 340 Å². The van der Waals surface area contributed by atoms with Crippen LogP contribution in [0.1, 0.15) is 67.9 Å². The third-order valence-corrected chi connectivity index (χ3v) is 30.4. The number of aromatic nitrogens is 3. The monoisotopic (exact) mass is 1760 g/mol. The first-order valence-electron chi connectivity index (χ1n) is 44.4. The largest absolute Gasteiger partial charge is 0.497 e. The molecule has 1 aliphatic heterocycles. The summed E-state index contributed by atoms with van der Waals surface area (Å²) < 4.78 is 31.4. The third kappa shape index (κ3) is 13.0. The van der Waals surface area contributed by atoms with Crippen molar-refractivity contribution in [1.82, 2.24) is 13.7 Å². The molecule has 12 nitrogen and oxygen atoms in total. The maximum atomic E-state index is 6.02. The highest BCUT2D eigenvalue weighted by atomic mass is 32.2. The number of hydrogen-bond acceptors (Lipinski definition) is 13. The molecule has 0 bridgehead atoms. The number of anilines is 12. The summed E-state index contributed by atoms with van der Waals surface area (Å²) in [6.45, 7) is 12.4. The number of fused-ring (bicyclic) bond motifs is 22. The van der Waals surface area contributed by atoms with Crippen LogP contribution >= 0.6 is 47.0 Å². The van der Waals surface area contributed by atoms with Gasteiger partial charge >= 0.3 is 0 Å². The predicted molar refractivity (Wildman–Crippen MR) is 548 cm³/mol. The quantitative estimate of drug-likeness (QED) is 0.0540. The maximum Gasteiger partial charge on any atom is 0.119 e. The van der Waals surface area contributed by atoms with E-state index in [4.69, 9.17) is 18.9 Å². The number of nitrogens with zero attached hydrogens (tertiary/aromatic N) is 8. The van der Waals surface area contributed by atoms with Gasteiger partial charge in [0, 0.05) is 203 Å².